The molecule has 0 aliphatic heterocycles. The Kier molecular flexibility index (Phi) is 4.09. The van der Waals surface area contributed by atoms with Gasteiger partial charge in [0, 0.05) is 12.1 Å². The van der Waals surface area contributed by atoms with E-state index in [0.717, 1.165) is 6.42 Å². The van der Waals surface area contributed by atoms with Gasteiger partial charge in [0.15, 0.2) is 0 Å². The number of hydrogen-bond donors (Lipinski definition) is 1. The minimum Gasteiger partial charge on any atom is -0.310 e. The van der Waals surface area contributed by atoms with E-state index >= 15 is 0 Å². The first-order valence-corrected chi connectivity index (χ1v) is 7.26. The number of nitriles is 1. The van der Waals surface area contributed by atoms with Crippen LogP contribution in [0.3, 0.4) is 0 Å². The Balaban J connectivity index is 1.90. The Labute approximate surface area is 106 Å². The standard InChI is InChI=1S/C15H26N2/c1-15(2)9-8-13(10-15)17-14-7-5-3-4-6-12(14)11-16/h12-14,17H,3-10H2,1-2H3. The molecule has 17 heavy (non-hydrogen) atoms. The van der Waals surface area contributed by atoms with E-state index < -0.39 is 0 Å². The topological polar surface area (TPSA) is 35.8 Å². The molecule has 96 valence electrons. The molecule has 0 amide bonds. The van der Waals surface area contributed by atoms with E-state index in [1.165, 1.54) is 44.9 Å². The van der Waals surface area contributed by atoms with Crippen LogP contribution in [0.25, 0.3) is 0 Å². The average Bonchev–Trinajstić information content (AvgIpc) is 2.50. The predicted molar refractivity (Wildman–Crippen MR) is 70.5 cm³/mol. The summed E-state index contributed by atoms with van der Waals surface area (Å²) in [4.78, 5) is 0. The molecule has 2 rings (SSSR count). The van der Waals surface area contributed by atoms with Crippen LogP contribution in [0.4, 0.5) is 0 Å². The molecule has 0 aromatic carbocycles. The second kappa shape index (κ2) is 5.40. The third-order valence-electron chi connectivity index (χ3n) is 4.60. The summed E-state index contributed by atoms with van der Waals surface area (Å²) in [5.41, 5.74) is 0.504. The van der Waals surface area contributed by atoms with Crippen molar-refractivity contribution < 1.29 is 0 Å². The highest BCUT2D eigenvalue weighted by Crippen LogP contribution is 2.37. The maximum Gasteiger partial charge on any atom is 0.0672 e. The van der Waals surface area contributed by atoms with Gasteiger partial charge in [0.2, 0.25) is 0 Å². The van der Waals surface area contributed by atoms with Crippen molar-refractivity contribution in [3.63, 3.8) is 0 Å². The van der Waals surface area contributed by atoms with E-state index in [2.05, 4.69) is 25.2 Å². The number of nitrogens with one attached hydrogen (secondary N) is 1. The van der Waals surface area contributed by atoms with Crippen LogP contribution in [0, 0.1) is 22.7 Å². The molecule has 2 nitrogen and oxygen atoms in total. The molecule has 0 aromatic rings. The maximum atomic E-state index is 9.27. The lowest BCUT2D eigenvalue weighted by Gasteiger charge is -2.26. The summed E-state index contributed by atoms with van der Waals surface area (Å²) in [6, 6.07) is 3.64. The number of nitrogens with zero attached hydrogens (tertiary/aromatic N) is 1. The summed E-state index contributed by atoms with van der Waals surface area (Å²) >= 11 is 0. The minimum atomic E-state index is 0.251. The normalized spacial score (nSPS) is 37.4. The molecule has 2 aliphatic rings. The monoisotopic (exact) mass is 234 g/mol. The van der Waals surface area contributed by atoms with Crippen LogP contribution in [0.2, 0.25) is 0 Å². The van der Waals surface area contributed by atoms with Crippen molar-refractivity contribution in [1.29, 1.82) is 5.26 Å². The van der Waals surface area contributed by atoms with Crippen LogP contribution in [-0.4, -0.2) is 12.1 Å². The fraction of sp³-hybridized carbons (Fsp3) is 0.933. The van der Waals surface area contributed by atoms with Gasteiger partial charge in [-0.3, -0.25) is 0 Å². The zero-order valence-corrected chi connectivity index (χ0v) is 11.3. The number of rotatable bonds is 2. The van der Waals surface area contributed by atoms with E-state index in [4.69, 9.17) is 0 Å². The first kappa shape index (κ1) is 12.9. The Hall–Kier alpha value is -0.550. The molecular formula is C15H26N2. The molecule has 0 saturated heterocycles. The van der Waals surface area contributed by atoms with Crippen molar-refractivity contribution in [3.8, 4) is 6.07 Å². The molecule has 0 radical (unpaired) electrons. The van der Waals surface area contributed by atoms with Crippen molar-refractivity contribution in [2.24, 2.45) is 11.3 Å². The van der Waals surface area contributed by atoms with Gasteiger partial charge in [-0.05, 0) is 37.5 Å². The van der Waals surface area contributed by atoms with Gasteiger partial charge in [-0.25, -0.2) is 0 Å². The molecule has 2 saturated carbocycles. The minimum absolute atomic E-state index is 0.251. The van der Waals surface area contributed by atoms with E-state index in [-0.39, 0.29) is 5.92 Å². The second-order valence-electron chi connectivity index (χ2n) is 6.75. The average molecular weight is 234 g/mol. The lowest BCUT2D eigenvalue weighted by Crippen LogP contribution is -2.41. The zero-order valence-electron chi connectivity index (χ0n) is 11.3. The molecular weight excluding hydrogens is 208 g/mol. The lowest BCUT2D eigenvalue weighted by atomic mass is 9.91. The maximum absolute atomic E-state index is 9.27. The van der Waals surface area contributed by atoms with Crippen molar-refractivity contribution in [2.45, 2.75) is 77.3 Å². The highest BCUT2D eigenvalue weighted by molar-refractivity contribution is 4.96. The first-order chi connectivity index (χ1) is 8.11. The molecule has 2 aliphatic carbocycles. The van der Waals surface area contributed by atoms with Crippen molar-refractivity contribution >= 4 is 0 Å². The fourth-order valence-electron chi connectivity index (χ4n) is 3.54. The van der Waals surface area contributed by atoms with Gasteiger partial charge in [0.1, 0.15) is 0 Å². The Morgan fingerprint density at radius 3 is 2.53 bits per heavy atom. The van der Waals surface area contributed by atoms with Gasteiger partial charge < -0.3 is 5.32 Å². The molecule has 3 atom stereocenters. The summed E-state index contributed by atoms with van der Waals surface area (Å²) in [6.45, 7) is 4.73. The van der Waals surface area contributed by atoms with Crippen molar-refractivity contribution in [2.75, 3.05) is 0 Å². The van der Waals surface area contributed by atoms with Gasteiger partial charge in [0.05, 0.1) is 12.0 Å². The molecule has 0 aromatic heterocycles. The molecule has 0 spiro atoms. The number of hydrogen-bond acceptors (Lipinski definition) is 2. The molecule has 2 heteroatoms. The third-order valence-corrected chi connectivity index (χ3v) is 4.60. The van der Waals surface area contributed by atoms with Crippen LogP contribution in [0.1, 0.15) is 65.2 Å². The van der Waals surface area contributed by atoms with Gasteiger partial charge >= 0.3 is 0 Å². The zero-order chi connectivity index (χ0) is 12.3. The second-order valence-corrected chi connectivity index (χ2v) is 6.75. The Morgan fingerprint density at radius 2 is 1.88 bits per heavy atom. The van der Waals surface area contributed by atoms with Crippen LogP contribution < -0.4 is 5.32 Å². The largest absolute Gasteiger partial charge is 0.310 e. The smallest absolute Gasteiger partial charge is 0.0672 e. The summed E-state index contributed by atoms with van der Waals surface area (Å²) in [6.07, 6.45) is 10.1. The SMILES string of the molecule is CC1(C)CCC(NC2CCCCCC2C#N)C1. The predicted octanol–water partition coefficient (Wildman–Crippen LogP) is 3.63. The summed E-state index contributed by atoms with van der Waals surface area (Å²) in [5, 5.41) is 13.1. The Morgan fingerprint density at radius 1 is 1.12 bits per heavy atom. The molecule has 2 fully saturated rings. The molecule has 1 N–H and O–H groups in total. The van der Waals surface area contributed by atoms with Crippen LogP contribution in [0.15, 0.2) is 0 Å². The summed E-state index contributed by atoms with van der Waals surface area (Å²) in [5.74, 6) is 0.251. The van der Waals surface area contributed by atoms with Crippen LogP contribution in [-0.2, 0) is 0 Å². The lowest BCUT2D eigenvalue weighted by molar-refractivity contribution is 0.320. The van der Waals surface area contributed by atoms with Gasteiger partial charge in [-0.15, -0.1) is 0 Å². The van der Waals surface area contributed by atoms with E-state index in [1.807, 2.05) is 0 Å². The summed E-state index contributed by atoms with van der Waals surface area (Å²) < 4.78 is 0. The summed E-state index contributed by atoms with van der Waals surface area (Å²) in [7, 11) is 0. The highest BCUT2D eigenvalue weighted by Gasteiger charge is 2.33. The fourth-order valence-corrected chi connectivity index (χ4v) is 3.54. The van der Waals surface area contributed by atoms with Gasteiger partial charge in [-0.2, -0.15) is 5.26 Å². The quantitative estimate of drug-likeness (QED) is 0.741. The third kappa shape index (κ3) is 3.45. The van der Waals surface area contributed by atoms with E-state index in [9.17, 15) is 5.26 Å². The van der Waals surface area contributed by atoms with Crippen LogP contribution in [0.5, 0.6) is 0 Å². The van der Waals surface area contributed by atoms with E-state index in [1.54, 1.807) is 0 Å². The molecule has 0 bridgehead atoms. The molecule has 3 unspecified atom stereocenters. The van der Waals surface area contributed by atoms with Crippen molar-refractivity contribution in [1.82, 2.24) is 5.32 Å². The highest BCUT2D eigenvalue weighted by atomic mass is 15.0. The molecule has 0 heterocycles. The van der Waals surface area contributed by atoms with Crippen molar-refractivity contribution in [3.05, 3.63) is 0 Å². The first-order valence-electron chi connectivity index (χ1n) is 7.26. The van der Waals surface area contributed by atoms with Gasteiger partial charge in [-0.1, -0.05) is 33.1 Å². The van der Waals surface area contributed by atoms with Crippen LogP contribution >= 0.6 is 0 Å². The van der Waals surface area contributed by atoms with Gasteiger partial charge in [0.25, 0.3) is 0 Å². The van der Waals surface area contributed by atoms with E-state index in [0.29, 0.717) is 17.5 Å². The Bertz CT molecular complexity index is 290.